The molecular formula is C21H22N2O3S. The number of hydrogen-bond acceptors (Lipinski definition) is 3. The number of rotatable bonds is 6. The second kappa shape index (κ2) is 7.90. The van der Waals surface area contributed by atoms with Gasteiger partial charge in [-0.3, -0.25) is 4.79 Å². The topological polar surface area (TPSA) is 75.3 Å². The summed E-state index contributed by atoms with van der Waals surface area (Å²) in [6, 6.07) is 20.5. The third kappa shape index (κ3) is 4.53. The molecule has 2 N–H and O–H groups in total. The monoisotopic (exact) mass is 382 g/mol. The van der Waals surface area contributed by atoms with Crippen molar-refractivity contribution in [2.24, 2.45) is 5.92 Å². The fourth-order valence-electron chi connectivity index (χ4n) is 2.80. The van der Waals surface area contributed by atoms with E-state index in [2.05, 4.69) is 10.0 Å². The molecule has 1 unspecified atom stereocenters. The van der Waals surface area contributed by atoms with Crippen molar-refractivity contribution >= 4 is 32.4 Å². The number of carbonyl (C=O) groups is 1. The second-order valence-corrected chi connectivity index (χ2v) is 8.42. The van der Waals surface area contributed by atoms with Crippen molar-refractivity contribution < 1.29 is 13.2 Å². The summed E-state index contributed by atoms with van der Waals surface area (Å²) in [4.78, 5) is 12.8. The lowest BCUT2D eigenvalue weighted by Gasteiger charge is -2.21. The Kier molecular flexibility index (Phi) is 5.58. The van der Waals surface area contributed by atoms with Gasteiger partial charge in [-0.15, -0.1) is 0 Å². The Morgan fingerprint density at radius 2 is 1.48 bits per heavy atom. The number of nitrogens with one attached hydrogen (secondary N) is 2. The Morgan fingerprint density at radius 3 is 2.15 bits per heavy atom. The molecule has 0 aliphatic heterocycles. The highest BCUT2D eigenvalue weighted by Crippen LogP contribution is 2.20. The molecule has 0 bridgehead atoms. The van der Waals surface area contributed by atoms with E-state index in [1.165, 1.54) is 0 Å². The van der Waals surface area contributed by atoms with E-state index in [1.807, 2.05) is 30.3 Å². The quantitative estimate of drug-likeness (QED) is 0.681. The van der Waals surface area contributed by atoms with Gasteiger partial charge in [-0.25, -0.2) is 8.42 Å². The average molecular weight is 382 g/mol. The molecule has 3 aromatic carbocycles. The second-order valence-electron chi connectivity index (χ2n) is 6.71. The smallest absolute Gasteiger partial charge is 0.242 e. The molecule has 0 saturated carbocycles. The first-order chi connectivity index (χ1) is 12.9. The maximum atomic E-state index is 12.9. The number of sulfonamides is 1. The van der Waals surface area contributed by atoms with Crippen LogP contribution in [-0.4, -0.2) is 20.4 Å². The van der Waals surface area contributed by atoms with Crippen LogP contribution in [0.2, 0.25) is 0 Å². The Labute approximate surface area is 159 Å². The number of hydrogen-bond donors (Lipinski definition) is 2. The summed E-state index contributed by atoms with van der Waals surface area (Å²) < 4.78 is 28.3. The van der Waals surface area contributed by atoms with Gasteiger partial charge in [0.2, 0.25) is 15.9 Å². The van der Waals surface area contributed by atoms with E-state index >= 15 is 0 Å². The Morgan fingerprint density at radius 1 is 0.852 bits per heavy atom. The predicted octanol–water partition coefficient (Wildman–Crippen LogP) is 3.78. The van der Waals surface area contributed by atoms with Crippen molar-refractivity contribution in [3.8, 4) is 0 Å². The van der Waals surface area contributed by atoms with Crippen LogP contribution in [0.5, 0.6) is 0 Å². The average Bonchev–Trinajstić information content (AvgIpc) is 2.66. The molecule has 0 aliphatic carbocycles. The molecule has 0 saturated heterocycles. The van der Waals surface area contributed by atoms with Crippen molar-refractivity contribution in [1.82, 2.24) is 4.72 Å². The summed E-state index contributed by atoms with van der Waals surface area (Å²) in [7, 11) is -3.84. The van der Waals surface area contributed by atoms with Crippen molar-refractivity contribution in [3.63, 3.8) is 0 Å². The molecule has 5 nitrogen and oxygen atoms in total. The zero-order valence-electron chi connectivity index (χ0n) is 15.2. The molecule has 1 amide bonds. The van der Waals surface area contributed by atoms with Crippen molar-refractivity contribution in [3.05, 3.63) is 72.8 Å². The van der Waals surface area contributed by atoms with E-state index in [0.29, 0.717) is 5.69 Å². The third-order valence-electron chi connectivity index (χ3n) is 4.30. The molecule has 6 heteroatoms. The largest absolute Gasteiger partial charge is 0.325 e. The minimum Gasteiger partial charge on any atom is -0.325 e. The standard InChI is InChI=1S/C21H22N2O3S/c1-15(2)20(21(24)22-18-10-4-3-5-11-18)23-27(25,26)19-13-12-16-8-6-7-9-17(16)14-19/h3-15,20,23H,1-2H3,(H,22,24). The van der Waals surface area contributed by atoms with Crippen molar-refractivity contribution in [2.45, 2.75) is 24.8 Å². The van der Waals surface area contributed by atoms with Crippen LogP contribution in [0.15, 0.2) is 77.7 Å². The maximum Gasteiger partial charge on any atom is 0.242 e. The Balaban J connectivity index is 1.84. The van der Waals surface area contributed by atoms with Crippen LogP contribution in [0.25, 0.3) is 10.8 Å². The van der Waals surface area contributed by atoms with Crippen LogP contribution in [-0.2, 0) is 14.8 Å². The summed E-state index contributed by atoms with van der Waals surface area (Å²) >= 11 is 0. The molecule has 140 valence electrons. The van der Waals surface area contributed by atoms with E-state index in [0.717, 1.165) is 10.8 Å². The lowest BCUT2D eigenvalue weighted by atomic mass is 10.0. The van der Waals surface area contributed by atoms with Gasteiger partial charge in [0.05, 0.1) is 4.90 Å². The van der Waals surface area contributed by atoms with E-state index in [4.69, 9.17) is 0 Å². The zero-order chi connectivity index (χ0) is 19.4. The van der Waals surface area contributed by atoms with Crippen LogP contribution in [0.3, 0.4) is 0 Å². The molecule has 0 fully saturated rings. The maximum absolute atomic E-state index is 12.9. The number of benzene rings is 3. The van der Waals surface area contributed by atoms with E-state index < -0.39 is 16.1 Å². The van der Waals surface area contributed by atoms with E-state index in [1.54, 1.807) is 56.3 Å². The molecular weight excluding hydrogens is 360 g/mol. The first-order valence-corrected chi connectivity index (χ1v) is 10.2. The highest BCUT2D eigenvalue weighted by Gasteiger charge is 2.28. The number of para-hydroxylation sites is 1. The third-order valence-corrected chi connectivity index (χ3v) is 5.74. The van der Waals surface area contributed by atoms with Gasteiger partial charge in [0.1, 0.15) is 6.04 Å². The molecule has 3 rings (SSSR count). The lowest BCUT2D eigenvalue weighted by Crippen LogP contribution is -2.47. The van der Waals surface area contributed by atoms with Crippen molar-refractivity contribution in [2.75, 3.05) is 5.32 Å². The van der Waals surface area contributed by atoms with Gasteiger partial charge in [-0.2, -0.15) is 4.72 Å². The lowest BCUT2D eigenvalue weighted by molar-refractivity contribution is -0.118. The van der Waals surface area contributed by atoms with Crippen LogP contribution < -0.4 is 10.0 Å². The van der Waals surface area contributed by atoms with E-state index in [-0.39, 0.29) is 16.7 Å². The highest BCUT2D eigenvalue weighted by molar-refractivity contribution is 7.89. The SMILES string of the molecule is CC(C)C(NS(=O)(=O)c1ccc2ccccc2c1)C(=O)Nc1ccccc1. The summed E-state index contributed by atoms with van der Waals surface area (Å²) in [6.45, 7) is 3.61. The minimum absolute atomic E-state index is 0.138. The molecule has 0 spiro atoms. The van der Waals surface area contributed by atoms with Crippen LogP contribution in [0, 0.1) is 5.92 Å². The van der Waals surface area contributed by atoms with Gasteiger partial charge in [0.15, 0.2) is 0 Å². The summed E-state index contributed by atoms with van der Waals surface area (Å²) in [5.74, 6) is -0.607. The highest BCUT2D eigenvalue weighted by atomic mass is 32.2. The fourth-order valence-corrected chi connectivity index (χ4v) is 4.18. The number of carbonyl (C=O) groups excluding carboxylic acids is 1. The molecule has 0 radical (unpaired) electrons. The van der Waals surface area contributed by atoms with Crippen LogP contribution >= 0.6 is 0 Å². The van der Waals surface area contributed by atoms with Crippen LogP contribution in [0.4, 0.5) is 5.69 Å². The normalized spacial score (nSPS) is 12.9. The van der Waals surface area contributed by atoms with Crippen molar-refractivity contribution in [1.29, 1.82) is 0 Å². The van der Waals surface area contributed by atoms with Gasteiger partial charge >= 0.3 is 0 Å². The van der Waals surface area contributed by atoms with Gasteiger partial charge in [-0.1, -0.05) is 62.4 Å². The van der Waals surface area contributed by atoms with Gasteiger partial charge in [0, 0.05) is 5.69 Å². The Bertz CT molecular complexity index is 1050. The summed E-state index contributed by atoms with van der Waals surface area (Å²) in [6.07, 6.45) is 0. The minimum atomic E-state index is -3.84. The number of amides is 1. The first kappa shape index (κ1) is 19.1. The summed E-state index contributed by atoms with van der Waals surface area (Å²) in [5, 5.41) is 4.55. The summed E-state index contributed by atoms with van der Waals surface area (Å²) in [5.41, 5.74) is 0.623. The van der Waals surface area contributed by atoms with Gasteiger partial charge < -0.3 is 5.32 Å². The Hall–Kier alpha value is -2.70. The molecule has 27 heavy (non-hydrogen) atoms. The predicted molar refractivity (Wildman–Crippen MR) is 108 cm³/mol. The number of fused-ring (bicyclic) bond motifs is 1. The number of anilines is 1. The van der Waals surface area contributed by atoms with Gasteiger partial charge in [0.25, 0.3) is 0 Å². The molecule has 0 aromatic heterocycles. The van der Waals surface area contributed by atoms with Crippen LogP contribution in [0.1, 0.15) is 13.8 Å². The van der Waals surface area contributed by atoms with Gasteiger partial charge in [-0.05, 0) is 41.0 Å². The molecule has 3 aromatic rings. The first-order valence-electron chi connectivity index (χ1n) is 8.74. The fraction of sp³-hybridized carbons (Fsp3) is 0.190. The molecule has 0 aliphatic rings. The van der Waals surface area contributed by atoms with E-state index in [9.17, 15) is 13.2 Å². The zero-order valence-corrected chi connectivity index (χ0v) is 16.0. The molecule has 1 atom stereocenters. The molecule has 0 heterocycles.